The van der Waals surface area contributed by atoms with E-state index in [1.165, 1.54) is 12.1 Å². The number of ether oxygens (including phenoxy) is 1. The standard InChI is InChI=1S/C26H25N3O4/c1-2-33-26(30)25(23-16-27-24-14-13-21(29(31)32)15-22(23)24)28(17-19-9-5-3-6-10-19)18-20-11-7-4-8-12-20/h3-16,25,27H,2,17-18H2,1H3. The van der Waals surface area contributed by atoms with Crippen LogP contribution in [-0.4, -0.2) is 27.4 Å². The number of nitrogens with one attached hydrogen (secondary N) is 1. The summed E-state index contributed by atoms with van der Waals surface area (Å²) in [4.78, 5) is 29.5. The number of esters is 1. The van der Waals surface area contributed by atoms with E-state index in [4.69, 9.17) is 4.74 Å². The minimum absolute atomic E-state index is 0.0244. The van der Waals surface area contributed by atoms with Crippen LogP contribution >= 0.6 is 0 Å². The molecule has 0 fully saturated rings. The Morgan fingerprint density at radius 2 is 1.61 bits per heavy atom. The van der Waals surface area contributed by atoms with E-state index in [1.807, 2.05) is 65.6 Å². The number of carbonyl (C=O) groups is 1. The third-order valence-corrected chi connectivity index (χ3v) is 5.53. The summed E-state index contributed by atoms with van der Waals surface area (Å²) in [6, 6.07) is 23.7. The van der Waals surface area contributed by atoms with E-state index in [0.717, 1.165) is 16.6 Å². The second-order valence-electron chi connectivity index (χ2n) is 7.76. The van der Waals surface area contributed by atoms with Gasteiger partial charge in [0.15, 0.2) is 0 Å². The fraction of sp³-hybridized carbons (Fsp3) is 0.192. The fourth-order valence-electron chi connectivity index (χ4n) is 4.04. The van der Waals surface area contributed by atoms with Gasteiger partial charge in [-0.25, -0.2) is 4.79 Å². The highest BCUT2D eigenvalue weighted by Gasteiger charge is 2.32. The van der Waals surface area contributed by atoms with E-state index in [0.29, 0.717) is 24.0 Å². The maximum absolute atomic E-state index is 13.3. The van der Waals surface area contributed by atoms with Gasteiger partial charge in [0, 0.05) is 47.9 Å². The third-order valence-electron chi connectivity index (χ3n) is 5.53. The molecule has 1 N–H and O–H groups in total. The van der Waals surface area contributed by atoms with Crippen molar-refractivity contribution in [2.75, 3.05) is 6.61 Å². The molecule has 0 aliphatic rings. The Kier molecular flexibility index (Phi) is 6.80. The maximum atomic E-state index is 13.3. The lowest BCUT2D eigenvalue weighted by molar-refractivity contribution is -0.384. The molecule has 0 saturated heterocycles. The number of nitrogens with zero attached hydrogens (tertiary/aromatic N) is 2. The van der Waals surface area contributed by atoms with Crippen molar-refractivity contribution in [1.29, 1.82) is 0 Å². The molecule has 0 saturated carbocycles. The van der Waals surface area contributed by atoms with E-state index in [1.54, 1.807) is 19.2 Å². The van der Waals surface area contributed by atoms with Gasteiger partial charge in [0.25, 0.3) is 5.69 Å². The van der Waals surface area contributed by atoms with Crippen LogP contribution in [0.2, 0.25) is 0 Å². The number of benzene rings is 3. The molecule has 1 atom stereocenters. The molecule has 0 amide bonds. The van der Waals surface area contributed by atoms with Crippen LogP contribution < -0.4 is 0 Å². The van der Waals surface area contributed by atoms with Crippen molar-refractivity contribution in [2.45, 2.75) is 26.1 Å². The van der Waals surface area contributed by atoms with Crippen LogP contribution in [0.3, 0.4) is 0 Å². The number of rotatable bonds is 9. The molecule has 0 radical (unpaired) electrons. The van der Waals surface area contributed by atoms with E-state index in [2.05, 4.69) is 4.98 Å². The second kappa shape index (κ2) is 10.1. The van der Waals surface area contributed by atoms with Gasteiger partial charge < -0.3 is 9.72 Å². The molecule has 0 aliphatic heterocycles. The summed E-state index contributed by atoms with van der Waals surface area (Å²) in [5.41, 5.74) is 3.45. The molecule has 1 heterocycles. The minimum atomic E-state index is -0.749. The van der Waals surface area contributed by atoms with E-state index in [9.17, 15) is 14.9 Å². The second-order valence-corrected chi connectivity index (χ2v) is 7.76. The quantitative estimate of drug-likeness (QED) is 0.213. The highest BCUT2D eigenvalue weighted by atomic mass is 16.6. The lowest BCUT2D eigenvalue weighted by Gasteiger charge is -2.30. The topological polar surface area (TPSA) is 88.5 Å². The fourth-order valence-corrected chi connectivity index (χ4v) is 4.04. The molecule has 33 heavy (non-hydrogen) atoms. The van der Waals surface area contributed by atoms with E-state index < -0.39 is 16.9 Å². The largest absolute Gasteiger partial charge is 0.465 e. The van der Waals surface area contributed by atoms with Crippen LogP contribution in [0.25, 0.3) is 10.9 Å². The molecule has 7 nitrogen and oxygen atoms in total. The number of hydrogen-bond acceptors (Lipinski definition) is 5. The molecule has 7 heteroatoms. The summed E-state index contributed by atoms with van der Waals surface area (Å²) in [5, 5.41) is 12.0. The SMILES string of the molecule is CCOC(=O)C(c1c[nH]c2ccc([N+](=O)[O-])cc12)N(Cc1ccccc1)Cc1ccccc1. The van der Waals surface area contributed by atoms with Crippen LogP contribution in [0.15, 0.2) is 85.1 Å². The Bertz CT molecular complexity index is 1200. The number of nitro benzene ring substituents is 1. The van der Waals surface area contributed by atoms with Gasteiger partial charge in [0.05, 0.1) is 11.5 Å². The monoisotopic (exact) mass is 443 g/mol. The summed E-state index contributed by atoms with van der Waals surface area (Å²) < 4.78 is 5.48. The van der Waals surface area contributed by atoms with Gasteiger partial charge in [0.1, 0.15) is 6.04 Å². The van der Waals surface area contributed by atoms with Gasteiger partial charge in [-0.2, -0.15) is 0 Å². The lowest BCUT2D eigenvalue weighted by atomic mass is 10.0. The number of H-pyrrole nitrogens is 1. The van der Waals surface area contributed by atoms with Crippen molar-refractivity contribution in [3.05, 3.63) is 112 Å². The molecule has 1 unspecified atom stereocenters. The Labute approximate surface area is 191 Å². The first-order chi connectivity index (χ1) is 16.1. The molecule has 3 aromatic carbocycles. The Balaban J connectivity index is 1.82. The van der Waals surface area contributed by atoms with Gasteiger partial charge in [0.2, 0.25) is 0 Å². The summed E-state index contributed by atoms with van der Waals surface area (Å²) in [7, 11) is 0. The van der Waals surface area contributed by atoms with Crippen molar-refractivity contribution in [1.82, 2.24) is 9.88 Å². The first-order valence-electron chi connectivity index (χ1n) is 10.8. The number of aromatic nitrogens is 1. The molecule has 4 aromatic rings. The highest BCUT2D eigenvalue weighted by Crippen LogP contribution is 2.33. The number of non-ortho nitro benzene ring substituents is 1. The van der Waals surface area contributed by atoms with Crippen molar-refractivity contribution in [3.8, 4) is 0 Å². The number of aromatic amines is 1. The summed E-state index contributed by atoms with van der Waals surface area (Å²) in [5.74, 6) is -0.392. The zero-order valence-corrected chi connectivity index (χ0v) is 18.3. The Morgan fingerprint density at radius 3 is 2.15 bits per heavy atom. The molecule has 0 bridgehead atoms. The molecule has 168 valence electrons. The molecule has 4 rings (SSSR count). The number of hydrogen-bond donors (Lipinski definition) is 1. The smallest absolute Gasteiger partial charge is 0.328 e. The first-order valence-corrected chi connectivity index (χ1v) is 10.8. The van der Waals surface area contributed by atoms with Crippen LogP contribution in [0, 0.1) is 10.1 Å². The van der Waals surface area contributed by atoms with Gasteiger partial charge in [-0.05, 0) is 24.1 Å². The third kappa shape index (κ3) is 5.10. The summed E-state index contributed by atoms with van der Waals surface area (Å²) in [6.07, 6.45) is 1.75. The highest BCUT2D eigenvalue weighted by molar-refractivity contribution is 5.91. The zero-order chi connectivity index (χ0) is 23.2. The van der Waals surface area contributed by atoms with Crippen LogP contribution in [0.5, 0.6) is 0 Å². The van der Waals surface area contributed by atoms with Gasteiger partial charge in [-0.15, -0.1) is 0 Å². The zero-order valence-electron chi connectivity index (χ0n) is 18.3. The molecule has 1 aromatic heterocycles. The molecule has 0 aliphatic carbocycles. The van der Waals surface area contributed by atoms with Crippen LogP contribution in [-0.2, 0) is 22.6 Å². The van der Waals surface area contributed by atoms with E-state index in [-0.39, 0.29) is 12.3 Å². The maximum Gasteiger partial charge on any atom is 0.328 e. The molecular formula is C26H25N3O4. The van der Waals surface area contributed by atoms with Crippen molar-refractivity contribution < 1.29 is 14.5 Å². The minimum Gasteiger partial charge on any atom is -0.465 e. The number of fused-ring (bicyclic) bond motifs is 1. The van der Waals surface area contributed by atoms with Crippen LogP contribution in [0.4, 0.5) is 5.69 Å². The van der Waals surface area contributed by atoms with Crippen molar-refractivity contribution in [3.63, 3.8) is 0 Å². The molecule has 0 spiro atoms. The Morgan fingerprint density at radius 1 is 1.00 bits per heavy atom. The normalized spacial score (nSPS) is 12.1. The molecular weight excluding hydrogens is 418 g/mol. The van der Waals surface area contributed by atoms with Crippen molar-refractivity contribution in [2.24, 2.45) is 0 Å². The predicted molar refractivity (Wildman–Crippen MR) is 126 cm³/mol. The van der Waals surface area contributed by atoms with Gasteiger partial charge in [-0.3, -0.25) is 15.0 Å². The first kappa shape index (κ1) is 22.2. The predicted octanol–water partition coefficient (Wildman–Crippen LogP) is 5.38. The average Bonchev–Trinajstić information content (AvgIpc) is 3.23. The summed E-state index contributed by atoms with van der Waals surface area (Å²) >= 11 is 0. The Hall–Kier alpha value is -3.97. The lowest BCUT2D eigenvalue weighted by Crippen LogP contribution is -2.34. The number of carbonyl (C=O) groups excluding carboxylic acids is 1. The van der Waals surface area contributed by atoms with Crippen LogP contribution in [0.1, 0.15) is 29.7 Å². The summed E-state index contributed by atoms with van der Waals surface area (Å²) in [6.45, 7) is 3.01. The van der Waals surface area contributed by atoms with E-state index >= 15 is 0 Å². The average molecular weight is 444 g/mol. The number of nitro groups is 1. The van der Waals surface area contributed by atoms with Gasteiger partial charge >= 0.3 is 5.97 Å². The van der Waals surface area contributed by atoms with Gasteiger partial charge in [-0.1, -0.05) is 60.7 Å². The van der Waals surface area contributed by atoms with Crippen molar-refractivity contribution >= 4 is 22.6 Å².